The van der Waals surface area contributed by atoms with E-state index < -0.39 is 0 Å². The van der Waals surface area contributed by atoms with E-state index in [-0.39, 0.29) is 5.78 Å². The van der Waals surface area contributed by atoms with Crippen LogP contribution in [0.4, 0.5) is 0 Å². The molecule has 0 aliphatic heterocycles. The molecule has 0 saturated carbocycles. The third-order valence-electron chi connectivity index (χ3n) is 2.55. The molecule has 0 fully saturated rings. The lowest BCUT2D eigenvalue weighted by atomic mass is 10.0. The second kappa shape index (κ2) is 6.34. The van der Waals surface area contributed by atoms with Crippen LogP contribution in [0.3, 0.4) is 0 Å². The molecule has 96 valence electrons. The number of carbonyl (C=O) groups is 1. The molecule has 0 spiro atoms. The van der Waals surface area contributed by atoms with E-state index in [0.717, 1.165) is 4.48 Å². The van der Waals surface area contributed by atoms with E-state index in [1.165, 1.54) is 0 Å². The largest absolute Gasteiger partial charge is 0.488 e. The highest BCUT2D eigenvalue weighted by atomic mass is 79.9. The van der Waals surface area contributed by atoms with Gasteiger partial charge in [-0.2, -0.15) is 0 Å². The van der Waals surface area contributed by atoms with Gasteiger partial charge in [0.25, 0.3) is 0 Å². The molecule has 2 rings (SSSR count). The summed E-state index contributed by atoms with van der Waals surface area (Å²) in [5.41, 5.74) is 1.33. The number of ketones is 1. The van der Waals surface area contributed by atoms with E-state index in [1.54, 1.807) is 24.3 Å². The molecule has 19 heavy (non-hydrogen) atoms. The van der Waals surface area contributed by atoms with Crippen molar-refractivity contribution in [3.8, 4) is 5.75 Å². The van der Waals surface area contributed by atoms with Gasteiger partial charge >= 0.3 is 0 Å². The smallest absolute Gasteiger partial charge is 0.193 e. The van der Waals surface area contributed by atoms with E-state index >= 15 is 0 Å². The fraction of sp³-hybridized carbons (Fsp3) is 0.0625. The third-order valence-corrected chi connectivity index (χ3v) is 2.78. The number of halogens is 1. The standard InChI is InChI=1S/C16H13BrO2/c1-12(17)11-19-15-9-7-14(8-10-15)16(18)13-5-3-2-4-6-13/h2-10H,1,11H2. The van der Waals surface area contributed by atoms with Crippen molar-refractivity contribution in [1.29, 1.82) is 0 Å². The van der Waals surface area contributed by atoms with Gasteiger partial charge in [0.1, 0.15) is 12.4 Å². The fourth-order valence-electron chi connectivity index (χ4n) is 1.62. The number of hydrogen-bond donors (Lipinski definition) is 0. The molecule has 0 radical (unpaired) electrons. The van der Waals surface area contributed by atoms with Crippen LogP contribution in [-0.4, -0.2) is 12.4 Å². The van der Waals surface area contributed by atoms with Crippen LogP contribution in [0.15, 0.2) is 65.7 Å². The Labute approximate surface area is 120 Å². The normalized spacial score (nSPS) is 9.95. The summed E-state index contributed by atoms with van der Waals surface area (Å²) in [6.07, 6.45) is 0. The second-order valence-electron chi connectivity index (χ2n) is 4.03. The number of benzene rings is 2. The lowest BCUT2D eigenvalue weighted by molar-refractivity contribution is 0.103. The zero-order valence-electron chi connectivity index (χ0n) is 10.3. The molecule has 0 bridgehead atoms. The quantitative estimate of drug-likeness (QED) is 0.772. The molecule has 2 aromatic carbocycles. The molecule has 0 aliphatic rings. The lowest BCUT2D eigenvalue weighted by Gasteiger charge is -2.06. The van der Waals surface area contributed by atoms with Crippen molar-refractivity contribution in [2.75, 3.05) is 6.61 Å². The van der Waals surface area contributed by atoms with Gasteiger partial charge in [0.05, 0.1) is 0 Å². The van der Waals surface area contributed by atoms with E-state index in [4.69, 9.17) is 4.74 Å². The van der Waals surface area contributed by atoms with Crippen molar-refractivity contribution in [3.63, 3.8) is 0 Å². The monoisotopic (exact) mass is 316 g/mol. The minimum absolute atomic E-state index is 0.0112. The van der Waals surface area contributed by atoms with Crippen molar-refractivity contribution >= 4 is 21.7 Å². The van der Waals surface area contributed by atoms with Crippen molar-refractivity contribution < 1.29 is 9.53 Å². The molecule has 0 amide bonds. The van der Waals surface area contributed by atoms with Crippen molar-refractivity contribution in [2.45, 2.75) is 0 Å². The highest BCUT2D eigenvalue weighted by Crippen LogP contribution is 2.16. The van der Waals surface area contributed by atoms with Gasteiger partial charge in [-0.05, 0) is 24.3 Å². The maximum absolute atomic E-state index is 12.2. The SMILES string of the molecule is C=C(Br)COc1ccc(C(=O)c2ccccc2)cc1. The van der Waals surface area contributed by atoms with Gasteiger partial charge in [0.15, 0.2) is 5.78 Å². The Morgan fingerprint density at radius 2 is 1.58 bits per heavy atom. The number of rotatable bonds is 5. The molecule has 2 nitrogen and oxygen atoms in total. The number of hydrogen-bond acceptors (Lipinski definition) is 2. The van der Waals surface area contributed by atoms with Gasteiger partial charge in [-0.15, -0.1) is 0 Å². The first kappa shape index (κ1) is 13.6. The molecule has 0 unspecified atom stereocenters. The van der Waals surface area contributed by atoms with Crippen LogP contribution in [0, 0.1) is 0 Å². The van der Waals surface area contributed by atoms with Gasteiger partial charge in [0, 0.05) is 15.6 Å². The zero-order chi connectivity index (χ0) is 13.7. The van der Waals surface area contributed by atoms with Crippen LogP contribution in [0.1, 0.15) is 15.9 Å². The average Bonchev–Trinajstić information content (AvgIpc) is 2.46. The van der Waals surface area contributed by atoms with Crippen molar-refractivity contribution in [3.05, 3.63) is 76.8 Å². The predicted molar refractivity (Wildman–Crippen MR) is 79.9 cm³/mol. The maximum Gasteiger partial charge on any atom is 0.193 e. The molecule has 2 aromatic rings. The van der Waals surface area contributed by atoms with Crippen LogP contribution >= 0.6 is 15.9 Å². The summed E-state index contributed by atoms with van der Waals surface area (Å²) in [7, 11) is 0. The highest BCUT2D eigenvalue weighted by Gasteiger charge is 2.08. The summed E-state index contributed by atoms with van der Waals surface area (Å²) in [6.45, 7) is 4.10. The fourth-order valence-corrected chi connectivity index (χ4v) is 1.73. The highest BCUT2D eigenvalue weighted by molar-refractivity contribution is 9.11. The van der Waals surface area contributed by atoms with Gasteiger partial charge in [-0.3, -0.25) is 4.79 Å². The first-order chi connectivity index (χ1) is 9.16. The Kier molecular flexibility index (Phi) is 4.53. The van der Waals surface area contributed by atoms with Crippen LogP contribution in [0.5, 0.6) is 5.75 Å². The minimum atomic E-state index is 0.0112. The van der Waals surface area contributed by atoms with Gasteiger partial charge < -0.3 is 4.74 Å². The Hall–Kier alpha value is -1.87. The van der Waals surface area contributed by atoms with Gasteiger partial charge in [-0.25, -0.2) is 0 Å². The van der Waals surface area contributed by atoms with Crippen LogP contribution < -0.4 is 4.74 Å². The molecule has 0 heterocycles. The second-order valence-corrected chi connectivity index (χ2v) is 5.15. The van der Waals surface area contributed by atoms with Crippen LogP contribution in [0.2, 0.25) is 0 Å². The first-order valence-corrected chi connectivity index (χ1v) is 6.62. The summed E-state index contributed by atoms with van der Waals surface area (Å²) >= 11 is 3.23. The Balaban J connectivity index is 2.10. The molecule has 0 saturated heterocycles. The first-order valence-electron chi connectivity index (χ1n) is 5.83. The molecule has 0 atom stereocenters. The maximum atomic E-state index is 12.2. The molecule has 0 aliphatic carbocycles. The molecule has 0 aromatic heterocycles. The Bertz CT molecular complexity index is 573. The van der Waals surface area contributed by atoms with Crippen LogP contribution in [0.25, 0.3) is 0 Å². The average molecular weight is 317 g/mol. The summed E-state index contributed by atoms with van der Waals surface area (Å²) in [6, 6.07) is 16.3. The van der Waals surface area contributed by atoms with E-state index in [9.17, 15) is 4.79 Å². The van der Waals surface area contributed by atoms with Crippen LogP contribution in [-0.2, 0) is 0 Å². The Morgan fingerprint density at radius 3 is 2.16 bits per heavy atom. The summed E-state index contributed by atoms with van der Waals surface area (Å²) in [4.78, 5) is 12.2. The predicted octanol–water partition coefficient (Wildman–Crippen LogP) is 4.21. The number of ether oxygens (including phenoxy) is 1. The van der Waals surface area contributed by atoms with E-state index in [0.29, 0.717) is 23.5 Å². The molecular formula is C16H13BrO2. The summed E-state index contributed by atoms with van der Waals surface area (Å²) < 4.78 is 6.23. The van der Waals surface area contributed by atoms with Gasteiger partial charge in [-0.1, -0.05) is 52.8 Å². The molecule has 0 N–H and O–H groups in total. The lowest BCUT2D eigenvalue weighted by Crippen LogP contribution is -2.01. The molecule has 3 heteroatoms. The van der Waals surface area contributed by atoms with E-state index in [2.05, 4.69) is 22.5 Å². The Morgan fingerprint density at radius 1 is 1.00 bits per heavy atom. The number of carbonyl (C=O) groups excluding carboxylic acids is 1. The van der Waals surface area contributed by atoms with Crippen molar-refractivity contribution in [2.24, 2.45) is 0 Å². The zero-order valence-corrected chi connectivity index (χ0v) is 11.9. The topological polar surface area (TPSA) is 26.3 Å². The van der Waals surface area contributed by atoms with E-state index in [1.807, 2.05) is 30.3 Å². The van der Waals surface area contributed by atoms with Gasteiger partial charge in [0.2, 0.25) is 0 Å². The minimum Gasteiger partial charge on any atom is -0.488 e. The summed E-state index contributed by atoms with van der Waals surface area (Å²) in [5, 5.41) is 0. The third kappa shape index (κ3) is 3.80. The van der Waals surface area contributed by atoms with Crippen molar-refractivity contribution in [1.82, 2.24) is 0 Å². The summed E-state index contributed by atoms with van der Waals surface area (Å²) in [5.74, 6) is 0.724. The molecular weight excluding hydrogens is 304 g/mol.